The van der Waals surface area contributed by atoms with Crippen molar-refractivity contribution in [2.45, 2.75) is 65.0 Å². The fraction of sp³-hybridized carbons (Fsp3) is 0.176. The van der Waals surface area contributed by atoms with E-state index in [1.807, 2.05) is 84.9 Å². The molecule has 0 saturated heterocycles. The minimum absolute atomic E-state index is 0.508. The number of halogens is 25. The van der Waals surface area contributed by atoms with Gasteiger partial charge < -0.3 is 0 Å². The summed E-state index contributed by atoms with van der Waals surface area (Å²) in [5, 5.41) is 0. The molecule has 7 aromatic carbocycles. The monoisotopic (exact) mass is 1230 g/mol. The minimum atomic E-state index is -6.13. The van der Waals surface area contributed by atoms with Gasteiger partial charge in [-0.25, -0.2) is 0 Å². The largest absolute Gasteiger partial charge is 0.416 e. The molecular formula is C51H28BBrF24OS. The Morgan fingerprint density at radius 1 is 0.304 bits per heavy atom. The third kappa shape index (κ3) is 14.1. The molecule has 0 aliphatic rings. The van der Waals surface area contributed by atoms with E-state index in [2.05, 4.69) is 15.9 Å². The van der Waals surface area contributed by atoms with Crippen LogP contribution in [0.3, 0.4) is 0 Å². The Morgan fingerprint density at radius 2 is 0.506 bits per heavy atom. The van der Waals surface area contributed by atoms with Crippen molar-refractivity contribution >= 4 is 53.9 Å². The summed E-state index contributed by atoms with van der Waals surface area (Å²) in [6, 6.07) is 18.7. The average molecular weight is 1240 g/mol. The topological polar surface area (TPSA) is 17.1 Å². The molecule has 0 N–H and O–H groups in total. The first-order valence-corrected chi connectivity index (χ1v) is 24.2. The van der Waals surface area contributed by atoms with Gasteiger partial charge in [-0.3, -0.25) is 0 Å². The van der Waals surface area contributed by atoms with Gasteiger partial charge in [-0.15, -0.1) is 0 Å². The van der Waals surface area contributed by atoms with Gasteiger partial charge in [0.05, 0.1) is 44.5 Å². The number of hydrogen-bond donors (Lipinski definition) is 0. The van der Waals surface area contributed by atoms with Gasteiger partial charge in [0.25, 0.3) is 0 Å². The Bertz CT molecular complexity index is 2860. The lowest BCUT2D eigenvalue weighted by Gasteiger charge is -2.46. The molecule has 0 amide bonds. The van der Waals surface area contributed by atoms with Crippen LogP contribution in [0.4, 0.5) is 105 Å². The lowest BCUT2D eigenvalue weighted by molar-refractivity contribution is -0.144. The summed E-state index contributed by atoms with van der Waals surface area (Å²) in [5.41, 5.74) is -29.1. The van der Waals surface area contributed by atoms with Crippen LogP contribution in [0.25, 0.3) is 0 Å². The predicted molar refractivity (Wildman–Crippen MR) is 245 cm³/mol. The fourth-order valence-corrected chi connectivity index (χ4v) is 11.2. The van der Waals surface area contributed by atoms with Crippen LogP contribution in [0.1, 0.15) is 50.1 Å². The van der Waals surface area contributed by atoms with Crippen molar-refractivity contribution in [3.05, 3.63) is 212 Å². The molecule has 0 bridgehead atoms. The van der Waals surface area contributed by atoms with Crippen molar-refractivity contribution in [2.24, 2.45) is 0 Å². The molecule has 7 aromatic rings. The summed E-state index contributed by atoms with van der Waals surface area (Å²) in [7, 11) is -2.33. The summed E-state index contributed by atoms with van der Waals surface area (Å²) in [6.07, 6.45) is -54.8. The van der Waals surface area contributed by atoms with Gasteiger partial charge in [0.1, 0.15) is 11.9 Å². The third-order valence-corrected chi connectivity index (χ3v) is 15.3. The SMILES string of the molecule is FC(F)(F)c1cc([B-](c2cc(C(F)(F)F)cc(C(F)(F)F)c2)(c2cc(C(F)(F)F)cc(C(F)(F)F)c2)c2cc(C(F)(F)F)cc(C(F)(F)F)c2)cc(C(F)(F)F)c1.O=[S+](Cc1ccc(Br)cc1)(c1ccccc1)c1ccccc1. The van der Waals surface area contributed by atoms with E-state index in [0.717, 1.165) is 19.8 Å². The maximum absolute atomic E-state index is 14.2. The van der Waals surface area contributed by atoms with Crippen LogP contribution in [0, 0.1) is 0 Å². The quantitative estimate of drug-likeness (QED) is 0.0842. The first-order valence-electron chi connectivity index (χ1n) is 21.7. The van der Waals surface area contributed by atoms with Crippen LogP contribution in [0.5, 0.6) is 0 Å². The highest BCUT2D eigenvalue weighted by atomic mass is 79.9. The van der Waals surface area contributed by atoms with Crippen LogP contribution < -0.4 is 21.9 Å². The summed E-state index contributed by atoms with van der Waals surface area (Å²) in [4.78, 5) is 1.76. The molecule has 79 heavy (non-hydrogen) atoms. The molecule has 0 aromatic heterocycles. The highest BCUT2D eigenvalue weighted by Crippen LogP contribution is 2.42. The molecule has 0 fully saturated rings. The van der Waals surface area contributed by atoms with Gasteiger partial charge in [0.15, 0.2) is 19.7 Å². The van der Waals surface area contributed by atoms with Crippen molar-refractivity contribution in [1.82, 2.24) is 0 Å². The predicted octanol–water partition coefficient (Wildman–Crippen LogP) is 16.8. The van der Waals surface area contributed by atoms with Crippen LogP contribution in [-0.4, -0.2) is 6.15 Å². The first-order chi connectivity index (χ1) is 35.9. The Kier molecular flexibility index (Phi) is 16.9. The zero-order valence-electron chi connectivity index (χ0n) is 38.6. The first kappa shape index (κ1) is 61.8. The maximum Gasteiger partial charge on any atom is 0.416 e. The summed E-state index contributed by atoms with van der Waals surface area (Å²) in [6.45, 7) is 0. The van der Waals surface area contributed by atoms with E-state index in [9.17, 15) is 110 Å². The van der Waals surface area contributed by atoms with E-state index in [1.165, 1.54) is 0 Å². The molecule has 0 heterocycles. The molecule has 0 radical (unpaired) electrons. The van der Waals surface area contributed by atoms with Gasteiger partial charge in [-0.05, 0) is 60.7 Å². The highest BCUT2D eigenvalue weighted by molar-refractivity contribution is 9.10. The molecule has 7 rings (SSSR count). The minimum Gasteiger partial charge on any atom is -0.194 e. The molecule has 1 nitrogen and oxygen atoms in total. The van der Waals surface area contributed by atoms with Gasteiger partial charge in [-0.2, -0.15) is 127 Å². The fourth-order valence-electron chi connectivity index (χ4n) is 8.47. The Hall–Kier alpha value is -6.45. The van der Waals surface area contributed by atoms with Gasteiger partial charge in [0.2, 0.25) is 0 Å². The van der Waals surface area contributed by atoms with E-state index < -0.39 is 205 Å². The van der Waals surface area contributed by atoms with E-state index in [1.54, 1.807) is 0 Å². The zero-order valence-corrected chi connectivity index (χ0v) is 41.0. The summed E-state index contributed by atoms with van der Waals surface area (Å²) < 4.78 is 356. The van der Waals surface area contributed by atoms with Crippen molar-refractivity contribution in [3.8, 4) is 0 Å². The molecule has 0 saturated carbocycles. The molecule has 28 heteroatoms. The van der Waals surface area contributed by atoms with Gasteiger partial charge in [0, 0.05) is 10.0 Å². The Balaban J connectivity index is 0.000000378. The molecular weight excluding hydrogens is 1210 g/mol. The normalized spacial score (nSPS) is 13.5. The third-order valence-electron chi connectivity index (χ3n) is 12.0. The van der Waals surface area contributed by atoms with Crippen LogP contribution in [-0.2, 0) is 69.3 Å². The average Bonchev–Trinajstić information content (AvgIpc) is 3.55. The number of benzene rings is 7. The summed E-state index contributed by atoms with van der Waals surface area (Å²) >= 11 is 3.44. The Morgan fingerprint density at radius 3 is 0.696 bits per heavy atom. The van der Waals surface area contributed by atoms with E-state index >= 15 is 0 Å². The second-order valence-corrected chi connectivity index (χ2v) is 20.8. The lowest BCUT2D eigenvalue weighted by Crippen LogP contribution is -2.75. The van der Waals surface area contributed by atoms with Gasteiger partial charge >= 0.3 is 49.4 Å². The highest BCUT2D eigenvalue weighted by Gasteiger charge is 2.47. The van der Waals surface area contributed by atoms with Crippen LogP contribution in [0.2, 0.25) is 0 Å². The van der Waals surface area contributed by atoms with Crippen molar-refractivity contribution in [1.29, 1.82) is 0 Å². The number of hydrogen-bond acceptors (Lipinski definition) is 1. The van der Waals surface area contributed by atoms with E-state index in [0.29, 0.717) is 5.75 Å². The van der Waals surface area contributed by atoms with Crippen molar-refractivity contribution < 1.29 is 110 Å². The van der Waals surface area contributed by atoms with Crippen molar-refractivity contribution in [3.63, 3.8) is 0 Å². The zero-order chi connectivity index (χ0) is 59.3. The van der Waals surface area contributed by atoms with E-state index in [4.69, 9.17) is 0 Å². The molecule has 422 valence electrons. The molecule has 0 atom stereocenters. The van der Waals surface area contributed by atoms with Crippen LogP contribution >= 0.6 is 15.9 Å². The summed E-state index contributed by atoms with van der Waals surface area (Å²) in [5.74, 6) is 0.508. The maximum atomic E-state index is 14.2. The van der Waals surface area contributed by atoms with Gasteiger partial charge in [-0.1, -0.05) is 117 Å². The molecule has 0 aliphatic carbocycles. The second-order valence-electron chi connectivity index (χ2n) is 17.3. The second kappa shape index (κ2) is 21.6. The number of rotatable bonds is 8. The van der Waals surface area contributed by atoms with Crippen LogP contribution in [0.15, 0.2) is 172 Å². The standard InChI is InChI=1S/C32H12BF24.C19H16BrOS/c34-25(35,36)13-1-14(26(37,38)39)6-21(5-13)33(22-7-15(27(40,41)42)2-16(8-22)28(43,44)45,23-9-17(29(46,47)48)3-18(10-23)30(49,50)51)24-11-19(31(52,53)54)4-20(12-24)32(55,56)57;20-17-13-11-16(12-14-17)15-22(21,18-7-3-1-4-8-18)19-9-5-2-6-10-19/h1-12H;1-14H,15H2/q-1;+1. The molecule has 0 aliphatic heterocycles. The number of alkyl halides is 24. The van der Waals surface area contributed by atoms with E-state index in [-0.39, 0.29) is 0 Å². The Labute approximate surface area is 439 Å². The van der Waals surface area contributed by atoms with Crippen molar-refractivity contribution in [2.75, 3.05) is 0 Å². The smallest absolute Gasteiger partial charge is 0.194 e. The molecule has 0 unspecified atom stereocenters. The molecule has 0 spiro atoms. The lowest BCUT2D eigenvalue weighted by atomic mass is 9.12.